The highest BCUT2D eigenvalue weighted by Gasteiger charge is 2.30. The Morgan fingerprint density at radius 3 is 2.67 bits per heavy atom. The van der Waals surface area contributed by atoms with Gasteiger partial charge in [0.2, 0.25) is 5.91 Å². The predicted molar refractivity (Wildman–Crippen MR) is 127 cm³/mol. The van der Waals surface area contributed by atoms with E-state index < -0.39 is 22.6 Å². The number of benzene rings is 2. The summed E-state index contributed by atoms with van der Waals surface area (Å²) < 4.78 is 44.2. The summed E-state index contributed by atoms with van der Waals surface area (Å²) in [5.41, 5.74) is 2.82. The number of rotatable bonds is 8. The van der Waals surface area contributed by atoms with E-state index in [0.29, 0.717) is 27.9 Å². The van der Waals surface area contributed by atoms with Crippen LogP contribution in [0.15, 0.2) is 75.6 Å². The quantitative estimate of drug-likeness (QED) is 0.175. The smallest absolute Gasteiger partial charge is 0.416 e. The molecule has 0 aliphatic heterocycles. The maximum Gasteiger partial charge on any atom is 0.416 e. The zero-order valence-electron chi connectivity index (χ0n) is 18.2. The zero-order chi connectivity index (χ0) is 25.7. The van der Waals surface area contributed by atoms with Crippen molar-refractivity contribution in [3.05, 3.63) is 93.2 Å². The van der Waals surface area contributed by atoms with Crippen molar-refractivity contribution >= 4 is 40.0 Å². The minimum Gasteiger partial charge on any atom is -0.455 e. The number of nitrogens with zero attached hydrogens (tertiary/aromatic N) is 3. The standard InChI is InChI=1S/C23H16F3N5O4S/c24-23(25,26)15-2-1-3-16(10-15)28-22-29-17(13-36-22)11-21(32)30-27-12-19-8-9-20(35-19)14-4-6-18(7-5-14)31(33)34/h1-10,12-13H,11H2,(H,28,29)(H,30,32)/b27-12-. The van der Waals surface area contributed by atoms with Crippen molar-refractivity contribution in [2.24, 2.45) is 5.10 Å². The lowest BCUT2D eigenvalue weighted by molar-refractivity contribution is -0.384. The fourth-order valence-corrected chi connectivity index (χ4v) is 3.77. The highest BCUT2D eigenvalue weighted by molar-refractivity contribution is 7.13. The van der Waals surface area contributed by atoms with Crippen molar-refractivity contribution in [3.8, 4) is 11.3 Å². The lowest BCUT2D eigenvalue weighted by Gasteiger charge is -2.08. The molecule has 0 spiro atoms. The van der Waals surface area contributed by atoms with Gasteiger partial charge in [-0.15, -0.1) is 11.3 Å². The number of hydrogen-bond acceptors (Lipinski definition) is 8. The van der Waals surface area contributed by atoms with Gasteiger partial charge < -0.3 is 9.73 Å². The number of nitro benzene ring substituents is 1. The van der Waals surface area contributed by atoms with Gasteiger partial charge in [-0.25, -0.2) is 10.4 Å². The Balaban J connectivity index is 1.29. The molecular weight excluding hydrogens is 499 g/mol. The number of alkyl halides is 3. The van der Waals surface area contributed by atoms with Gasteiger partial charge >= 0.3 is 6.18 Å². The van der Waals surface area contributed by atoms with Crippen LogP contribution in [0.2, 0.25) is 0 Å². The van der Waals surface area contributed by atoms with Crippen LogP contribution in [-0.4, -0.2) is 22.0 Å². The topological polar surface area (TPSA) is 123 Å². The van der Waals surface area contributed by atoms with E-state index in [1.165, 1.54) is 30.5 Å². The third-order valence-electron chi connectivity index (χ3n) is 4.71. The molecule has 2 aromatic heterocycles. The van der Waals surface area contributed by atoms with Gasteiger partial charge in [-0.1, -0.05) is 6.07 Å². The number of furan rings is 1. The summed E-state index contributed by atoms with van der Waals surface area (Å²) in [6, 6.07) is 13.9. The monoisotopic (exact) mass is 515 g/mol. The Hall–Kier alpha value is -4.52. The molecule has 13 heteroatoms. The Morgan fingerprint density at radius 2 is 1.94 bits per heavy atom. The van der Waals surface area contributed by atoms with Crippen molar-refractivity contribution in [1.29, 1.82) is 0 Å². The van der Waals surface area contributed by atoms with Gasteiger partial charge in [-0.2, -0.15) is 18.3 Å². The number of amides is 1. The normalized spacial score (nSPS) is 11.5. The summed E-state index contributed by atoms with van der Waals surface area (Å²) in [6.07, 6.45) is -3.24. The minimum absolute atomic E-state index is 0.0338. The first-order valence-electron chi connectivity index (χ1n) is 10.2. The second-order valence-electron chi connectivity index (χ2n) is 7.32. The van der Waals surface area contributed by atoms with E-state index in [2.05, 4.69) is 20.8 Å². The number of hydrazone groups is 1. The summed E-state index contributed by atoms with van der Waals surface area (Å²) in [6.45, 7) is 0. The van der Waals surface area contributed by atoms with Crippen LogP contribution in [0.5, 0.6) is 0 Å². The minimum atomic E-state index is -4.45. The fraction of sp³-hybridized carbons (Fsp3) is 0.0870. The van der Waals surface area contributed by atoms with Crippen LogP contribution in [0.1, 0.15) is 17.0 Å². The summed E-state index contributed by atoms with van der Waals surface area (Å²) in [4.78, 5) is 26.6. The zero-order valence-corrected chi connectivity index (χ0v) is 19.0. The van der Waals surface area contributed by atoms with Gasteiger partial charge in [0.1, 0.15) is 11.5 Å². The van der Waals surface area contributed by atoms with E-state index in [1.807, 2.05) is 0 Å². The number of halogens is 3. The average Bonchev–Trinajstić information content (AvgIpc) is 3.48. The third kappa shape index (κ3) is 6.33. The molecule has 184 valence electrons. The number of carbonyl (C=O) groups is 1. The number of nitrogens with one attached hydrogen (secondary N) is 2. The van der Waals surface area contributed by atoms with Crippen molar-refractivity contribution in [1.82, 2.24) is 10.4 Å². The molecule has 2 aromatic carbocycles. The number of anilines is 2. The number of hydrogen-bond donors (Lipinski definition) is 2. The van der Waals surface area contributed by atoms with Crippen molar-refractivity contribution < 1.29 is 27.3 Å². The van der Waals surface area contributed by atoms with Gasteiger partial charge in [-0.3, -0.25) is 14.9 Å². The average molecular weight is 515 g/mol. The molecule has 0 saturated carbocycles. The maximum absolute atomic E-state index is 12.9. The van der Waals surface area contributed by atoms with Crippen molar-refractivity contribution in [2.45, 2.75) is 12.6 Å². The molecule has 1 amide bonds. The molecule has 2 heterocycles. The highest BCUT2D eigenvalue weighted by Crippen LogP contribution is 2.32. The number of aromatic nitrogens is 1. The van der Waals surface area contributed by atoms with Crippen LogP contribution in [-0.2, 0) is 17.4 Å². The molecule has 0 fully saturated rings. The number of non-ortho nitro benzene ring substituents is 1. The molecule has 0 unspecified atom stereocenters. The van der Waals surface area contributed by atoms with E-state index in [0.717, 1.165) is 23.5 Å². The second kappa shape index (κ2) is 10.4. The molecule has 4 rings (SSSR count). The predicted octanol–water partition coefficient (Wildman–Crippen LogP) is 5.77. The lowest BCUT2D eigenvalue weighted by atomic mass is 10.1. The third-order valence-corrected chi connectivity index (χ3v) is 5.51. The lowest BCUT2D eigenvalue weighted by Crippen LogP contribution is -2.19. The molecule has 4 aromatic rings. The highest BCUT2D eigenvalue weighted by atomic mass is 32.1. The molecule has 0 saturated heterocycles. The molecule has 9 nitrogen and oxygen atoms in total. The Morgan fingerprint density at radius 1 is 1.17 bits per heavy atom. The van der Waals surface area contributed by atoms with E-state index in [9.17, 15) is 28.1 Å². The second-order valence-corrected chi connectivity index (χ2v) is 8.18. The SMILES string of the molecule is O=C(Cc1csc(Nc2cccc(C(F)(F)F)c2)n1)N/N=C\c1ccc(-c2ccc([N+](=O)[O-])cc2)o1. The van der Waals surface area contributed by atoms with Crippen LogP contribution in [0.4, 0.5) is 29.7 Å². The largest absolute Gasteiger partial charge is 0.455 e. The van der Waals surface area contributed by atoms with E-state index in [-0.39, 0.29) is 17.8 Å². The van der Waals surface area contributed by atoms with Gasteiger partial charge in [0.25, 0.3) is 5.69 Å². The van der Waals surface area contributed by atoms with E-state index in [4.69, 9.17) is 4.42 Å². The molecule has 36 heavy (non-hydrogen) atoms. The van der Waals surface area contributed by atoms with Gasteiger partial charge in [0.05, 0.1) is 28.8 Å². The molecule has 2 N–H and O–H groups in total. The number of nitro groups is 1. The summed E-state index contributed by atoms with van der Waals surface area (Å²) in [5.74, 6) is 0.371. The first-order chi connectivity index (χ1) is 17.2. The van der Waals surface area contributed by atoms with Gasteiger partial charge in [-0.05, 0) is 42.5 Å². The first-order valence-corrected chi connectivity index (χ1v) is 11.1. The fourth-order valence-electron chi connectivity index (χ4n) is 3.04. The Labute approximate surface area is 205 Å². The van der Waals surface area contributed by atoms with Crippen molar-refractivity contribution in [2.75, 3.05) is 5.32 Å². The number of thiazole rings is 1. The van der Waals surface area contributed by atoms with Gasteiger partial charge in [0.15, 0.2) is 5.13 Å². The van der Waals surface area contributed by atoms with Crippen molar-refractivity contribution in [3.63, 3.8) is 0 Å². The molecule has 0 atom stereocenters. The first kappa shape index (κ1) is 24.6. The molecular formula is C23H16F3N5O4S. The Kier molecular flexibility index (Phi) is 7.10. The van der Waals surface area contributed by atoms with Crippen LogP contribution < -0.4 is 10.7 Å². The van der Waals surface area contributed by atoms with Crippen LogP contribution in [0, 0.1) is 10.1 Å². The van der Waals surface area contributed by atoms with Gasteiger partial charge in [0, 0.05) is 28.8 Å². The summed E-state index contributed by atoms with van der Waals surface area (Å²) in [7, 11) is 0. The maximum atomic E-state index is 12.9. The number of carbonyl (C=O) groups excluding carboxylic acids is 1. The molecule has 0 aliphatic rings. The molecule has 0 bridgehead atoms. The van der Waals surface area contributed by atoms with Crippen LogP contribution >= 0.6 is 11.3 Å². The van der Waals surface area contributed by atoms with E-state index >= 15 is 0 Å². The molecule has 0 radical (unpaired) electrons. The van der Waals surface area contributed by atoms with E-state index in [1.54, 1.807) is 29.6 Å². The molecule has 0 aliphatic carbocycles. The Bertz CT molecular complexity index is 1410. The van der Waals surface area contributed by atoms with Crippen LogP contribution in [0.3, 0.4) is 0 Å². The van der Waals surface area contributed by atoms with Crippen LogP contribution in [0.25, 0.3) is 11.3 Å². The summed E-state index contributed by atoms with van der Waals surface area (Å²) >= 11 is 1.15. The summed E-state index contributed by atoms with van der Waals surface area (Å²) in [5, 5.41) is 19.3.